The summed E-state index contributed by atoms with van der Waals surface area (Å²) in [5.41, 5.74) is 0.870. The minimum atomic E-state index is -0.340. The number of carbonyl (C=O) groups excluding carboxylic acids is 1. The maximum absolute atomic E-state index is 13.9. The first-order chi connectivity index (χ1) is 11.7. The lowest BCUT2D eigenvalue weighted by Crippen LogP contribution is -2.43. The predicted octanol–water partition coefficient (Wildman–Crippen LogP) is 3.03. The molecule has 2 N–H and O–H groups in total. The summed E-state index contributed by atoms with van der Waals surface area (Å²) in [6.07, 6.45) is 6.36. The number of hydrogen-bond acceptors (Lipinski definition) is 3. The molecule has 2 aliphatic rings. The van der Waals surface area contributed by atoms with Gasteiger partial charge in [0, 0.05) is 36.3 Å². The summed E-state index contributed by atoms with van der Waals surface area (Å²) in [5, 5.41) is 12.5. The van der Waals surface area contributed by atoms with E-state index in [1.165, 1.54) is 25.0 Å². The summed E-state index contributed by atoms with van der Waals surface area (Å²) in [7, 11) is 0. The van der Waals surface area contributed by atoms with E-state index in [0.717, 1.165) is 25.7 Å². The monoisotopic (exact) mass is 335 g/mol. The molecule has 2 unspecified atom stereocenters. The fraction of sp³-hybridized carbons (Fsp3) is 0.632. The number of ether oxygens (including phenoxy) is 1. The second-order valence-electron chi connectivity index (χ2n) is 7.07. The minimum Gasteiger partial charge on any atom is -0.396 e. The van der Waals surface area contributed by atoms with Gasteiger partial charge in [-0.1, -0.05) is 12.8 Å². The third-order valence-corrected chi connectivity index (χ3v) is 5.08. The molecule has 2 saturated carbocycles. The summed E-state index contributed by atoms with van der Waals surface area (Å²) >= 11 is 0. The zero-order valence-electron chi connectivity index (χ0n) is 14.0. The van der Waals surface area contributed by atoms with Gasteiger partial charge in [-0.15, -0.1) is 0 Å². The smallest absolute Gasteiger partial charge is 0.251 e. The molecular formula is C19H26FNO3. The van der Waals surface area contributed by atoms with Gasteiger partial charge in [-0.2, -0.15) is 0 Å². The molecule has 1 amide bonds. The molecule has 1 aromatic rings. The highest BCUT2D eigenvalue weighted by Crippen LogP contribution is 2.29. The Hall–Kier alpha value is -1.46. The first kappa shape index (κ1) is 17.4. The lowest BCUT2D eigenvalue weighted by Gasteiger charge is -2.30. The van der Waals surface area contributed by atoms with Crippen molar-refractivity contribution < 1.29 is 19.0 Å². The van der Waals surface area contributed by atoms with Crippen molar-refractivity contribution in [2.75, 3.05) is 13.2 Å². The van der Waals surface area contributed by atoms with Crippen molar-refractivity contribution in [2.45, 2.75) is 51.2 Å². The van der Waals surface area contributed by atoms with Crippen molar-refractivity contribution in [1.29, 1.82) is 0 Å². The molecule has 0 saturated heterocycles. The molecule has 132 valence electrons. The Morgan fingerprint density at radius 3 is 2.79 bits per heavy atom. The number of carbonyl (C=O) groups is 1. The van der Waals surface area contributed by atoms with E-state index in [-0.39, 0.29) is 36.9 Å². The van der Waals surface area contributed by atoms with Gasteiger partial charge in [-0.25, -0.2) is 4.39 Å². The third kappa shape index (κ3) is 4.54. The Morgan fingerprint density at radius 2 is 2.04 bits per heavy atom. The van der Waals surface area contributed by atoms with Crippen molar-refractivity contribution >= 4 is 5.91 Å². The van der Waals surface area contributed by atoms with Gasteiger partial charge >= 0.3 is 0 Å². The van der Waals surface area contributed by atoms with Crippen LogP contribution in [0.3, 0.4) is 0 Å². The number of amides is 1. The molecule has 2 atom stereocenters. The largest absolute Gasteiger partial charge is 0.396 e. The summed E-state index contributed by atoms with van der Waals surface area (Å²) in [6.45, 7) is 0.955. The lowest BCUT2D eigenvalue weighted by molar-refractivity contribution is 0.0871. The topological polar surface area (TPSA) is 58.6 Å². The lowest BCUT2D eigenvalue weighted by atomic mass is 9.85. The Balaban J connectivity index is 1.60. The number of halogens is 1. The highest BCUT2D eigenvalue weighted by atomic mass is 19.1. The zero-order valence-corrected chi connectivity index (χ0v) is 14.0. The van der Waals surface area contributed by atoms with Gasteiger partial charge in [-0.3, -0.25) is 4.79 Å². The van der Waals surface area contributed by atoms with Gasteiger partial charge in [0.1, 0.15) is 5.82 Å². The van der Waals surface area contributed by atoms with Crippen LogP contribution in [0.5, 0.6) is 0 Å². The van der Waals surface area contributed by atoms with Crippen LogP contribution in [0.1, 0.15) is 54.4 Å². The molecule has 0 bridgehead atoms. The average Bonchev–Trinajstić information content (AvgIpc) is 3.41. The molecule has 24 heavy (non-hydrogen) atoms. The molecule has 0 aromatic heterocycles. The van der Waals surface area contributed by atoms with E-state index in [2.05, 4.69) is 5.32 Å². The Morgan fingerprint density at radius 1 is 1.25 bits per heavy atom. The van der Waals surface area contributed by atoms with Crippen molar-refractivity contribution in [1.82, 2.24) is 5.32 Å². The normalized spacial score (nSPS) is 23.9. The SMILES string of the molecule is O=C(NC1CCCCC1CO)c1ccc(F)c(COCC2CC2)c1. The van der Waals surface area contributed by atoms with Crippen LogP contribution < -0.4 is 5.32 Å². The molecule has 5 heteroatoms. The van der Waals surface area contributed by atoms with Crippen LogP contribution >= 0.6 is 0 Å². The predicted molar refractivity (Wildman–Crippen MR) is 89.1 cm³/mol. The van der Waals surface area contributed by atoms with Crippen molar-refractivity contribution in [3.8, 4) is 0 Å². The van der Waals surface area contributed by atoms with E-state index in [4.69, 9.17) is 4.74 Å². The highest BCUT2D eigenvalue weighted by Gasteiger charge is 2.26. The number of benzene rings is 1. The second kappa shape index (κ2) is 8.08. The van der Waals surface area contributed by atoms with E-state index in [9.17, 15) is 14.3 Å². The Kier molecular flexibility index (Phi) is 5.85. The van der Waals surface area contributed by atoms with Gasteiger partial charge in [0.25, 0.3) is 5.91 Å². The number of rotatable bonds is 7. The van der Waals surface area contributed by atoms with E-state index >= 15 is 0 Å². The van der Waals surface area contributed by atoms with Crippen LogP contribution in [0.2, 0.25) is 0 Å². The number of aliphatic hydroxyl groups is 1. The van der Waals surface area contributed by atoms with Crippen LogP contribution in [0, 0.1) is 17.7 Å². The highest BCUT2D eigenvalue weighted by molar-refractivity contribution is 5.94. The quantitative estimate of drug-likeness (QED) is 0.805. The fourth-order valence-corrected chi connectivity index (χ4v) is 3.31. The molecule has 1 aromatic carbocycles. The molecule has 3 rings (SSSR count). The maximum atomic E-state index is 13.9. The molecule has 0 radical (unpaired) electrons. The Bertz CT molecular complexity index is 574. The van der Waals surface area contributed by atoms with Crippen LogP contribution in [-0.4, -0.2) is 30.3 Å². The number of hydrogen-bond donors (Lipinski definition) is 2. The molecule has 2 aliphatic carbocycles. The van der Waals surface area contributed by atoms with Crippen molar-refractivity contribution in [2.24, 2.45) is 11.8 Å². The van der Waals surface area contributed by atoms with E-state index in [1.807, 2.05) is 0 Å². The fourth-order valence-electron chi connectivity index (χ4n) is 3.31. The van der Waals surface area contributed by atoms with Crippen LogP contribution in [0.4, 0.5) is 4.39 Å². The average molecular weight is 335 g/mol. The van der Waals surface area contributed by atoms with Crippen LogP contribution in [-0.2, 0) is 11.3 Å². The van der Waals surface area contributed by atoms with Gasteiger partial charge in [-0.05, 0) is 49.8 Å². The van der Waals surface area contributed by atoms with Crippen molar-refractivity contribution in [3.63, 3.8) is 0 Å². The van der Waals surface area contributed by atoms with Crippen molar-refractivity contribution in [3.05, 3.63) is 35.1 Å². The number of nitrogens with one attached hydrogen (secondary N) is 1. The second-order valence-corrected chi connectivity index (χ2v) is 7.07. The van der Waals surface area contributed by atoms with Crippen LogP contribution in [0.25, 0.3) is 0 Å². The molecule has 2 fully saturated rings. The summed E-state index contributed by atoms with van der Waals surface area (Å²) < 4.78 is 19.4. The van der Waals surface area contributed by atoms with Crippen LogP contribution in [0.15, 0.2) is 18.2 Å². The zero-order chi connectivity index (χ0) is 16.9. The number of aliphatic hydroxyl groups excluding tert-OH is 1. The van der Waals surface area contributed by atoms with Gasteiger partial charge in [0.05, 0.1) is 6.61 Å². The molecule has 0 heterocycles. The summed E-state index contributed by atoms with van der Waals surface area (Å²) in [5.74, 6) is 0.197. The van der Waals surface area contributed by atoms with Gasteiger partial charge < -0.3 is 15.2 Å². The van der Waals surface area contributed by atoms with E-state index in [1.54, 1.807) is 6.07 Å². The summed E-state index contributed by atoms with van der Waals surface area (Å²) in [6, 6.07) is 4.41. The molecule has 0 aliphatic heterocycles. The Labute approximate surface area is 142 Å². The summed E-state index contributed by atoms with van der Waals surface area (Å²) in [4.78, 5) is 12.5. The van der Waals surface area contributed by atoms with E-state index < -0.39 is 0 Å². The first-order valence-corrected chi connectivity index (χ1v) is 8.95. The minimum absolute atomic E-state index is 0.00382. The molecule has 4 nitrogen and oxygen atoms in total. The third-order valence-electron chi connectivity index (χ3n) is 5.08. The van der Waals surface area contributed by atoms with Gasteiger partial charge in [0.15, 0.2) is 0 Å². The van der Waals surface area contributed by atoms with E-state index in [0.29, 0.717) is 23.7 Å². The van der Waals surface area contributed by atoms with Gasteiger partial charge in [0.2, 0.25) is 0 Å². The maximum Gasteiger partial charge on any atom is 0.251 e. The standard InChI is InChI=1S/C19H26FNO3/c20-17-8-7-14(9-16(17)12-24-11-13-5-6-13)19(23)21-18-4-2-1-3-15(18)10-22/h7-9,13,15,18,22H,1-6,10-12H2,(H,21,23). The molecular weight excluding hydrogens is 309 g/mol. The first-order valence-electron chi connectivity index (χ1n) is 8.95. The molecule has 0 spiro atoms.